The molecule has 1 amide bonds. The first-order chi connectivity index (χ1) is 13.9. The van der Waals surface area contributed by atoms with Gasteiger partial charge in [-0.3, -0.25) is 9.69 Å². The molecule has 0 saturated carbocycles. The van der Waals surface area contributed by atoms with Crippen LogP contribution in [0.3, 0.4) is 0 Å². The number of anilines is 1. The van der Waals surface area contributed by atoms with Crippen molar-refractivity contribution in [1.82, 2.24) is 9.21 Å². The van der Waals surface area contributed by atoms with E-state index >= 15 is 0 Å². The van der Waals surface area contributed by atoms with E-state index in [0.717, 1.165) is 0 Å². The SMILES string of the molecule is O=C(CN1CCN(S(=O)(=O)c2cccs2)CC1)Nc1cc2c(cc1Cl)OCCO2. The van der Waals surface area contributed by atoms with Crippen LogP contribution in [0.25, 0.3) is 0 Å². The molecule has 1 fully saturated rings. The van der Waals surface area contributed by atoms with Gasteiger partial charge in [0.15, 0.2) is 11.5 Å². The Bertz CT molecular complexity index is 989. The molecule has 8 nitrogen and oxygen atoms in total. The van der Waals surface area contributed by atoms with E-state index in [0.29, 0.717) is 65.8 Å². The molecule has 11 heteroatoms. The minimum absolute atomic E-state index is 0.150. The van der Waals surface area contributed by atoms with E-state index in [4.69, 9.17) is 21.1 Å². The standard InChI is InChI=1S/C18H20ClN3O5S2/c19-13-10-15-16(27-8-7-26-15)11-14(13)20-17(23)12-21-3-5-22(6-4-21)29(24,25)18-2-1-9-28-18/h1-2,9-11H,3-8,12H2,(H,20,23). The largest absolute Gasteiger partial charge is 0.486 e. The van der Waals surface area contributed by atoms with Crippen LogP contribution in [-0.2, 0) is 14.8 Å². The molecular formula is C18H20ClN3O5S2. The molecule has 29 heavy (non-hydrogen) atoms. The van der Waals surface area contributed by atoms with Crippen LogP contribution in [0.5, 0.6) is 11.5 Å². The first kappa shape index (κ1) is 20.4. The number of hydrogen-bond donors (Lipinski definition) is 1. The third-order valence-electron chi connectivity index (χ3n) is 4.69. The maximum Gasteiger partial charge on any atom is 0.252 e. The summed E-state index contributed by atoms with van der Waals surface area (Å²) < 4.78 is 37.9. The molecule has 156 valence electrons. The van der Waals surface area contributed by atoms with Gasteiger partial charge in [-0.25, -0.2) is 8.42 Å². The lowest BCUT2D eigenvalue weighted by atomic mass is 10.2. The zero-order valence-electron chi connectivity index (χ0n) is 15.5. The summed E-state index contributed by atoms with van der Waals surface area (Å²) in [6, 6.07) is 6.61. The summed E-state index contributed by atoms with van der Waals surface area (Å²) in [5.74, 6) is 0.879. The molecule has 0 bridgehead atoms. The number of carbonyl (C=O) groups is 1. The van der Waals surface area contributed by atoms with E-state index in [9.17, 15) is 13.2 Å². The molecule has 0 aliphatic carbocycles. The van der Waals surface area contributed by atoms with Gasteiger partial charge in [0.1, 0.15) is 17.4 Å². The van der Waals surface area contributed by atoms with Gasteiger partial charge in [-0.05, 0) is 11.4 Å². The van der Waals surface area contributed by atoms with Crippen molar-refractivity contribution >= 4 is 44.6 Å². The summed E-state index contributed by atoms with van der Waals surface area (Å²) in [5.41, 5.74) is 0.458. The van der Waals surface area contributed by atoms with E-state index in [1.54, 1.807) is 29.6 Å². The van der Waals surface area contributed by atoms with Crippen molar-refractivity contribution in [2.24, 2.45) is 0 Å². The fraction of sp³-hybridized carbons (Fsp3) is 0.389. The fourth-order valence-electron chi connectivity index (χ4n) is 3.22. The quantitative estimate of drug-likeness (QED) is 0.739. The average molecular weight is 458 g/mol. The Labute approximate surface area is 178 Å². The number of ether oxygens (including phenoxy) is 2. The number of rotatable bonds is 5. The lowest BCUT2D eigenvalue weighted by molar-refractivity contribution is -0.117. The Morgan fingerprint density at radius 3 is 2.48 bits per heavy atom. The Hall–Kier alpha value is -1.85. The molecule has 2 aromatic rings. The number of halogens is 1. The highest BCUT2D eigenvalue weighted by Gasteiger charge is 2.29. The number of fused-ring (bicyclic) bond motifs is 1. The molecule has 1 saturated heterocycles. The number of hydrogen-bond acceptors (Lipinski definition) is 7. The second-order valence-corrected chi connectivity index (χ2v) is 10.2. The number of nitrogens with zero attached hydrogens (tertiary/aromatic N) is 2. The van der Waals surface area contributed by atoms with Crippen molar-refractivity contribution in [1.29, 1.82) is 0 Å². The maximum atomic E-state index is 12.6. The first-order valence-corrected chi connectivity index (χ1v) is 11.8. The smallest absolute Gasteiger partial charge is 0.252 e. The number of thiophene rings is 1. The molecule has 0 radical (unpaired) electrons. The molecule has 1 N–H and O–H groups in total. The van der Waals surface area contributed by atoms with Gasteiger partial charge in [-0.15, -0.1) is 11.3 Å². The molecule has 2 aliphatic heterocycles. The molecule has 3 heterocycles. The van der Waals surface area contributed by atoms with E-state index in [1.165, 1.54) is 15.6 Å². The summed E-state index contributed by atoms with van der Waals surface area (Å²) in [6.45, 7) is 2.71. The second-order valence-electron chi connectivity index (χ2n) is 6.64. The third-order valence-corrected chi connectivity index (χ3v) is 8.28. The fourth-order valence-corrected chi connectivity index (χ4v) is 5.99. The summed E-state index contributed by atoms with van der Waals surface area (Å²) in [7, 11) is -3.45. The van der Waals surface area contributed by atoms with E-state index in [2.05, 4.69) is 5.32 Å². The monoisotopic (exact) mass is 457 g/mol. The molecule has 1 aromatic carbocycles. The van der Waals surface area contributed by atoms with E-state index in [1.807, 2.05) is 4.90 Å². The van der Waals surface area contributed by atoms with Gasteiger partial charge in [0.05, 0.1) is 17.3 Å². The Morgan fingerprint density at radius 2 is 1.83 bits per heavy atom. The van der Waals surface area contributed by atoms with Crippen LogP contribution in [0, 0.1) is 0 Å². The number of benzene rings is 1. The Morgan fingerprint density at radius 1 is 1.14 bits per heavy atom. The summed E-state index contributed by atoms with van der Waals surface area (Å²) in [6.07, 6.45) is 0. The van der Waals surface area contributed by atoms with Crippen LogP contribution < -0.4 is 14.8 Å². The zero-order chi connectivity index (χ0) is 20.4. The number of amides is 1. The minimum atomic E-state index is -3.45. The Kier molecular flexibility index (Phi) is 5.98. The number of sulfonamides is 1. The van der Waals surface area contributed by atoms with Crippen LogP contribution >= 0.6 is 22.9 Å². The van der Waals surface area contributed by atoms with Gasteiger partial charge < -0.3 is 14.8 Å². The normalized spacial score (nSPS) is 17.8. The van der Waals surface area contributed by atoms with Crippen molar-refractivity contribution in [3.05, 3.63) is 34.7 Å². The number of piperazine rings is 1. The van der Waals surface area contributed by atoms with Crippen molar-refractivity contribution in [2.45, 2.75) is 4.21 Å². The van der Waals surface area contributed by atoms with Crippen molar-refractivity contribution in [2.75, 3.05) is 51.3 Å². The highest BCUT2D eigenvalue weighted by Crippen LogP contribution is 2.37. The van der Waals surface area contributed by atoms with Gasteiger partial charge in [0, 0.05) is 38.3 Å². The van der Waals surface area contributed by atoms with Crippen LogP contribution in [0.15, 0.2) is 33.9 Å². The highest BCUT2D eigenvalue weighted by molar-refractivity contribution is 7.91. The molecule has 4 rings (SSSR count). The van der Waals surface area contributed by atoms with Crippen molar-refractivity contribution in [3.8, 4) is 11.5 Å². The maximum absolute atomic E-state index is 12.6. The molecule has 2 aliphatic rings. The molecule has 1 aromatic heterocycles. The van der Waals surface area contributed by atoms with E-state index in [-0.39, 0.29) is 12.5 Å². The zero-order valence-corrected chi connectivity index (χ0v) is 17.9. The van der Waals surface area contributed by atoms with Gasteiger partial charge in [0.25, 0.3) is 10.0 Å². The molecule has 0 atom stereocenters. The molecular weight excluding hydrogens is 438 g/mol. The first-order valence-electron chi connectivity index (χ1n) is 9.08. The van der Waals surface area contributed by atoms with Gasteiger partial charge in [-0.2, -0.15) is 4.31 Å². The van der Waals surface area contributed by atoms with Crippen molar-refractivity contribution in [3.63, 3.8) is 0 Å². The second kappa shape index (κ2) is 8.49. The predicted octanol–water partition coefficient (Wildman–Crippen LogP) is 2.12. The lowest BCUT2D eigenvalue weighted by Crippen LogP contribution is -2.50. The van der Waals surface area contributed by atoms with Crippen LogP contribution in [0.4, 0.5) is 5.69 Å². The summed E-state index contributed by atoms with van der Waals surface area (Å²) in [5, 5.41) is 4.91. The minimum Gasteiger partial charge on any atom is -0.486 e. The molecule has 0 unspecified atom stereocenters. The van der Waals surface area contributed by atoms with Gasteiger partial charge >= 0.3 is 0 Å². The topological polar surface area (TPSA) is 88.2 Å². The number of carbonyl (C=O) groups excluding carboxylic acids is 1. The summed E-state index contributed by atoms with van der Waals surface area (Å²) >= 11 is 7.44. The molecule has 0 spiro atoms. The summed E-state index contributed by atoms with van der Waals surface area (Å²) in [4.78, 5) is 14.4. The highest BCUT2D eigenvalue weighted by atomic mass is 35.5. The van der Waals surface area contributed by atoms with Crippen LogP contribution in [-0.4, -0.2) is 69.5 Å². The average Bonchev–Trinajstić information content (AvgIpc) is 3.25. The third kappa shape index (κ3) is 4.51. The Balaban J connectivity index is 1.33. The van der Waals surface area contributed by atoms with Crippen LogP contribution in [0.1, 0.15) is 0 Å². The lowest BCUT2D eigenvalue weighted by Gasteiger charge is -2.33. The predicted molar refractivity (Wildman–Crippen MR) is 111 cm³/mol. The van der Waals surface area contributed by atoms with Gasteiger partial charge in [0.2, 0.25) is 5.91 Å². The van der Waals surface area contributed by atoms with Crippen LogP contribution in [0.2, 0.25) is 5.02 Å². The van der Waals surface area contributed by atoms with Crippen molar-refractivity contribution < 1.29 is 22.7 Å². The number of nitrogens with one attached hydrogen (secondary N) is 1. The van der Waals surface area contributed by atoms with Gasteiger partial charge in [-0.1, -0.05) is 17.7 Å². The van der Waals surface area contributed by atoms with E-state index < -0.39 is 10.0 Å².